The Labute approximate surface area is 869 Å². The molecule has 1 aromatic heterocycles. The fourth-order valence-corrected chi connectivity index (χ4v) is 17.9. The van der Waals surface area contributed by atoms with Gasteiger partial charge in [0.25, 0.3) is 5.91 Å². The number of phenols is 2. The number of nitrogens with one attached hydrogen (secondary N) is 20. The van der Waals surface area contributed by atoms with E-state index in [1.54, 1.807) is 108 Å². The Hall–Kier alpha value is -14.8. The number of aliphatic hydroxyl groups is 1. The highest BCUT2D eigenvalue weighted by molar-refractivity contribution is 7.81. The number of hydrogen-bond donors (Lipinski definition) is 30. The lowest BCUT2D eigenvalue weighted by atomic mass is 9.77. The molecule has 12 atom stereocenters. The van der Waals surface area contributed by atoms with Crippen molar-refractivity contribution < 1.29 is 106 Å². The maximum absolute atomic E-state index is 15.8. The molecule has 12 amide bonds. The summed E-state index contributed by atoms with van der Waals surface area (Å²) in [7, 11) is 0. The number of carbonyl (C=O) groups excluding carboxylic acids is 13. The largest absolute Gasteiger partial charge is 0.508 e. The third kappa shape index (κ3) is 33.4. The summed E-state index contributed by atoms with van der Waals surface area (Å²) in [6.45, 7) is 12.7. The average Bonchev–Trinajstić information content (AvgIpc) is 1.52. The molecule has 3 heterocycles. The van der Waals surface area contributed by atoms with E-state index in [1.165, 1.54) is 68.5 Å². The number of aromatic hydroxyl groups is 2. The van der Waals surface area contributed by atoms with Gasteiger partial charge in [-0.2, -0.15) is 25.3 Å². The van der Waals surface area contributed by atoms with Crippen LogP contribution in [-0.4, -0.2) is 269 Å². The highest BCUT2D eigenvalue weighted by atomic mass is 32.1. The smallest absolute Gasteiger partial charge is 0.340 e. The minimum Gasteiger partial charge on any atom is -0.508 e. The number of amides is 12. The Morgan fingerprint density at radius 1 is 0.459 bits per heavy atom. The standard InChI is InChI=1S/C99H134N24O22S3/c1-51(124)75(87(136)117-67(24-17-37-112-95(106)107)83(132)123-78(90(139)140)97(5,6)7)120-88(137)76(96(2,3)4)121-89(138)77(98(8,9)147)122-85(134)69(45-56-50-148-73-25-13-12-20-59(56)73)119-84(133)68(43-52-26-27-53-18-10-11-19-54(53)42-52)118-82(131)66(23-16-36-111-94(104)105)115-80(129)64(21-14-34-109-92(100)101)114-81(130)65(22-15-35-110-93(102)103)116-86(135)70(49-146)113-74(127)48-143-41-40-142-39-38-108-79(128)55-28-31-61-60(44-55)91(141)145-99(61)62-32-29-57(125)46-71(62)144-72-47-58(126)30-33-63(72)99/h10-13,18-20,25-33,42,44,46-47,50-51,64-70,75-78,124-126,146-147H,14-17,21-24,34-41,43,45,48-49H2,1-9H3,(H,108,128)(H,113,127)(H,114,130)(H,115,129)(H,116,135)(H,117,136)(H,118,131)(H,119,133)(H,120,137)(H,121,138)(H,122,134)(H,123,132)(H,139,140)(H4,100,101,109)(H4,102,103,110)(H4,104,105,111)(H4,106,107,112)/t51-,64+,65-,66+,67+,68+,69+,70+,75+,76-,77-,78-/m1/s1. The van der Waals surface area contributed by atoms with Crippen molar-refractivity contribution in [3.05, 3.63) is 166 Å². The van der Waals surface area contributed by atoms with Crippen molar-refractivity contribution in [1.82, 2.24) is 85.1 Å². The van der Waals surface area contributed by atoms with Crippen LogP contribution in [0.4, 0.5) is 0 Å². The summed E-state index contributed by atoms with van der Waals surface area (Å²) in [6.07, 6.45) is -2.89. The fraction of sp³-hybridized carbons (Fsp3) is 0.455. The second-order valence-electron chi connectivity index (χ2n) is 38.4. The molecule has 0 aliphatic carbocycles. The number of fused-ring (bicyclic) bond motifs is 8. The van der Waals surface area contributed by atoms with Crippen LogP contribution in [0.3, 0.4) is 0 Å². The summed E-state index contributed by atoms with van der Waals surface area (Å²) in [5, 5.41) is 119. The number of thiophene rings is 1. The number of phenolic OH excluding ortho intramolecular Hbond substituents is 2. The Bertz CT molecular complexity index is 5980. The van der Waals surface area contributed by atoms with Crippen molar-refractivity contribution in [3.63, 3.8) is 0 Å². The van der Waals surface area contributed by atoms with Crippen LogP contribution in [0.15, 0.2) is 127 Å². The first-order chi connectivity index (χ1) is 69.9. The van der Waals surface area contributed by atoms with Crippen molar-refractivity contribution in [2.75, 3.05) is 64.9 Å². The number of rotatable bonds is 54. The normalized spacial score (nSPS) is 14.8. The predicted molar refractivity (Wildman–Crippen MR) is 558 cm³/mol. The van der Waals surface area contributed by atoms with Gasteiger partial charge < -0.3 is 147 Å². The van der Waals surface area contributed by atoms with Crippen LogP contribution in [-0.2, 0) is 90.2 Å². The number of carbonyl (C=O) groups is 14. The molecule has 2 aliphatic rings. The number of hydrogen-bond acceptors (Lipinski definition) is 28. The monoisotopic (exact) mass is 2110 g/mol. The van der Waals surface area contributed by atoms with E-state index in [4.69, 9.17) is 76.1 Å². The quantitative estimate of drug-likeness (QED) is 0.00826. The molecule has 148 heavy (non-hydrogen) atoms. The van der Waals surface area contributed by atoms with Gasteiger partial charge in [-0.15, -0.1) is 11.3 Å². The van der Waals surface area contributed by atoms with E-state index in [0.717, 1.165) is 15.5 Å². The van der Waals surface area contributed by atoms with Crippen molar-refractivity contribution in [2.45, 2.75) is 209 Å². The Morgan fingerprint density at radius 2 is 0.899 bits per heavy atom. The molecule has 46 nitrogen and oxygen atoms in total. The van der Waals surface area contributed by atoms with E-state index in [1.807, 2.05) is 24.3 Å². The maximum Gasteiger partial charge on any atom is 0.340 e. The lowest BCUT2D eigenvalue weighted by Crippen LogP contribution is -2.65. The number of thiol groups is 2. The van der Waals surface area contributed by atoms with Crippen LogP contribution in [0, 0.1) is 32.5 Å². The minimum absolute atomic E-state index is 0.00391. The van der Waals surface area contributed by atoms with Gasteiger partial charge in [-0.05, 0) is 158 Å². The molecule has 0 saturated carbocycles. The number of esters is 1. The molecule has 6 aromatic carbocycles. The van der Waals surface area contributed by atoms with Crippen molar-refractivity contribution in [3.8, 4) is 23.0 Å². The molecule has 49 heteroatoms. The number of carboxylic acids is 1. The molecule has 7 aromatic rings. The average molecular weight is 2110 g/mol. The number of aliphatic hydroxyl groups excluding tert-OH is 1. The molecule has 800 valence electrons. The third-order valence-electron chi connectivity index (χ3n) is 24.1. The maximum atomic E-state index is 15.8. The summed E-state index contributed by atoms with van der Waals surface area (Å²) in [5.74, 6) is -15.2. The van der Waals surface area contributed by atoms with Gasteiger partial charge in [0.2, 0.25) is 65.0 Å². The molecule has 9 rings (SSSR count). The van der Waals surface area contributed by atoms with E-state index in [0.29, 0.717) is 33.2 Å². The number of carboxylic acid groups (broad SMARTS) is 1. The zero-order chi connectivity index (χ0) is 109. The lowest BCUT2D eigenvalue weighted by molar-refractivity contribution is -0.145. The first-order valence-corrected chi connectivity index (χ1v) is 49.8. The highest BCUT2D eigenvalue weighted by Gasteiger charge is 2.54. The number of nitrogens with two attached hydrogens (primary N) is 4. The fourth-order valence-electron chi connectivity index (χ4n) is 16.5. The van der Waals surface area contributed by atoms with Crippen LogP contribution in [0.1, 0.15) is 162 Å². The summed E-state index contributed by atoms with van der Waals surface area (Å²) in [6, 6.07) is 15.5. The van der Waals surface area contributed by atoms with E-state index >= 15 is 24.0 Å². The van der Waals surface area contributed by atoms with E-state index in [2.05, 4.69) is 97.7 Å². The molecule has 0 radical (unpaired) electrons. The van der Waals surface area contributed by atoms with Gasteiger partial charge in [-0.3, -0.25) is 79.2 Å². The molecule has 2 aliphatic heterocycles. The second kappa shape index (κ2) is 53.5. The number of aliphatic carboxylic acids is 1. The van der Waals surface area contributed by atoms with Gasteiger partial charge >= 0.3 is 11.9 Å². The topological polar surface area (TPSA) is 749 Å². The lowest BCUT2D eigenvalue weighted by Gasteiger charge is -2.36. The number of ether oxygens (including phenoxy) is 4. The summed E-state index contributed by atoms with van der Waals surface area (Å²) >= 11 is 10.5. The van der Waals surface area contributed by atoms with Gasteiger partial charge in [0.15, 0.2) is 29.4 Å². The van der Waals surface area contributed by atoms with Crippen molar-refractivity contribution in [2.24, 2.45) is 33.8 Å². The Morgan fingerprint density at radius 3 is 1.40 bits per heavy atom. The SMILES string of the molecule is C[C@@H](O)[C@H](NC(=O)[C@@H](NC(=O)[C@@H](NC(=O)[C@H](Cc1csc2ccccc12)NC(=O)[C@H](Cc1ccc2ccccc2c1)NC(=O)[C@H](CCCNC(=N)N)NC(=O)[C@H](CCCNC(=N)N)NC(=O)[C@@H](CCCNC(=N)N)NC(=O)[C@H](CS)NC(=O)COCCOCCNC(=O)c1ccc2c(c1)C(=O)OC21c2ccc(O)cc2Oc2cc(O)ccc21)C(C)(C)S)C(C)(C)C)C(=O)N[C@@H](CCCNC(=N)N)C(=O)N[C@H](C(=O)O)C(C)(C)C. The molecule has 0 bridgehead atoms. The van der Waals surface area contributed by atoms with Crippen LogP contribution < -0.4 is 113 Å². The molecular weight excluding hydrogens is 1970 g/mol. The molecular formula is C99H134N24O22S3. The van der Waals surface area contributed by atoms with Crippen molar-refractivity contribution >= 4 is 164 Å². The third-order valence-corrected chi connectivity index (χ3v) is 25.8. The van der Waals surface area contributed by atoms with Gasteiger partial charge in [-0.25, -0.2) is 9.59 Å². The molecule has 0 fully saturated rings. The molecule has 1 spiro atoms. The van der Waals surface area contributed by atoms with Gasteiger partial charge in [-0.1, -0.05) is 108 Å². The zero-order valence-electron chi connectivity index (χ0n) is 83.4. The van der Waals surface area contributed by atoms with Gasteiger partial charge in [0, 0.05) is 95.2 Å². The van der Waals surface area contributed by atoms with Gasteiger partial charge in [0.05, 0.1) is 31.5 Å². The van der Waals surface area contributed by atoms with Crippen LogP contribution in [0.5, 0.6) is 23.0 Å². The summed E-state index contributed by atoms with van der Waals surface area (Å²) in [5.41, 5.74) is 21.0. The molecule has 32 N–H and O–H groups in total. The van der Waals surface area contributed by atoms with Crippen LogP contribution in [0.25, 0.3) is 20.9 Å². The minimum atomic E-state index is -1.84. The summed E-state index contributed by atoms with van der Waals surface area (Å²) < 4.78 is 22.6. The first-order valence-electron chi connectivity index (χ1n) is 47.9. The van der Waals surface area contributed by atoms with Gasteiger partial charge in [0.1, 0.15) is 96.1 Å². The van der Waals surface area contributed by atoms with E-state index in [-0.39, 0.29) is 163 Å². The summed E-state index contributed by atoms with van der Waals surface area (Å²) in [4.78, 5) is 203. The zero-order valence-corrected chi connectivity index (χ0v) is 86.0. The van der Waals surface area contributed by atoms with E-state index in [9.17, 15) is 63.6 Å². The number of benzene rings is 6. The number of guanidine groups is 4. The molecule has 0 unspecified atom stereocenters. The predicted octanol–water partition coefficient (Wildman–Crippen LogP) is 0.864. The Balaban J connectivity index is 0.899. The van der Waals surface area contributed by atoms with E-state index < -0.39 is 201 Å². The van der Waals surface area contributed by atoms with Crippen LogP contribution >= 0.6 is 36.6 Å². The first kappa shape index (κ1) is 117. The second-order valence-corrected chi connectivity index (χ2v) is 40.9. The van der Waals surface area contributed by atoms with Crippen LogP contribution in [0.2, 0.25) is 0 Å². The highest BCUT2D eigenvalue weighted by Crippen LogP contribution is 2.57. The van der Waals surface area contributed by atoms with Crippen molar-refractivity contribution in [1.29, 1.82) is 21.6 Å². The molecule has 0 saturated heterocycles. The Kier molecular flexibility index (Phi) is 42.2.